The van der Waals surface area contributed by atoms with Crippen molar-refractivity contribution < 1.29 is 17.9 Å². The van der Waals surface area contributed by atoms with Gasteiger partial charge in [0.1, 0.15) is 0 Å². The molecule has 1 aromatic heterocycles. The molecule has 0 aliphatic heterocycles. The van der Waals surface area contributed by atoms with Crippen molar-refractivity contribution in [1.29, 1.82) is 0 Å². The van der Waals surface area contributed by atoms with E-state index in [1.807, 2.05) is 6.92 Å². The number of ether oxygens (including phenoxy) is 1. The van der Waals surface area contributed by atoms with Gasteiger partial charge in [-0.25, -0.2) is 0 Å². The molecule has 0 bridgehead atoms. The molecule has 1 N–H and O–H groups in total. The van der Waals surface area contributed by atoms with Gasteiger partial charge in [-0.15, -0.1) is 0 Å². The quantitative estimate of drug-likeness (QED) is 0.877. The molecule has 0 spiro atoms. The molecule has 92 valence electrons. The van der Waals surface area contributed by atoms with E-state index in [0.717, 1.165) is 0 Å². The lowest BCUT2D eigenvalue weighted by Crippen LogP contribution is -2.17. The lowest BCUT2D eigenvalue weighted by Gasteiger charge is -2.11. The minimum absolute atomic E-state index is 0.00557. The summed E-state index contributed by atoms with van der Waals surface area (Å²) in [6.45, 7) is 2.38. The maximum Gasteiger partial charge on any atom is 0.452 e. The summed E-state index contributed by atoms with van der Waals surface area (Å²) in [6, 6.07) is -0.00557. The molecular weight excluding hydrogens is 243 g/mol. The summed E-state index contributed by atoms with van der Waals surface area (Å²) < 4.78 is 44.6. The molecule has 1 heterocycles. The fraction of sp³-hybridized carbons (Fsp3) is 0.750. The molecular formula is C8H12F3N3OS. The molecule has 0 radical (unpaired) electrons. The van der Waals surface area contributed by atoms with E-state index in [9.17, 15) is 13.2 Å². The fourth-order valence-corrected chi connectivity index (χ4v) is 1.67. The van der Waals surface area contributed by atoms with E-state index in [-0.39, 0.29) is 11.2 Å². The highest BCUT2D eigenvalue weighted by molar-refractivity contribution is 7.09. The number of methoxy groups -OCH3 is 1. The zero-order valence-corrected chi connectivity index (χ0v) is 9.65. The first-order valence-corrected chi connectivity index (χ1v) is 5.37. The standard InChI is InChI=1S/C8H12F3N3OS/c1-5(3-4-15-2)12-7-13-6(14-16-7)8(9,10)11/h5H,3-4H2,1-2H3,(H,12,13,14). The minimum Gasteiger partial charge on any atom is -0.385 e. The molecule has 1 atom stereocenters. The van der Waals surface area contributed by atoms with Crippen LogP contribution in [0.5, 0.6) is 0 Å². The smallest absolute Gasteiger partial charge is 0.385 e. The van der Waals surface area contributed by atoms with Crippen molar-refractivity contribution in [2.45, 2.75) is 25.6 Å². The molecule has 1 unspecified atom stereocenters. The maximum absolute atomic E-state index is 12.2. The second-order valence-corrected chi connectivity index (χ2v) is 4.00. The Morgan fingerprint density at radius 3 is 2.69 bits per heavy atom. The summed E-state index contributed by atoms with van der Waals surface area (Å²) in [5.41, 5.74) is 0. The monoisotopic (exact) mass is 255 g/mol. The van der Waals surface area contributed by atoms with E-state index >= 15 is 0 Å². The number of anilines is 1. The Labute approximate surface area is 95.0 Å². The second kappa shape index (κ2) is 5.44. The third-order valence-corrected chi connectivity index (χ3v) is 2.45. The number of hydrogen-bond acceptors (Lipinski definition) is 5. The van der Waals surface area contributed by atoms with Crippen LogP contribution in [0, 0.1) is 0 Å². The molecule has 0 aliphatic carbocycles. The fourth-order valence-electron chi connectivity index (χ4n) is 0.975. The van der Waals surface area contributed by atoms with Crippen LogP contribution in [0.25, 0.3) is 0 Å². The van der Waals surface area contributed by atoms with Crippen LogP contribution in [-0.2, 0) is 10.9 Å². The molecule has 0 saturated heterocycles. The highest BCUT2D eigenvalue weighted by atomic mass is 32.1. The minimum atomic E-state index is -4.48. The third kappa shape index (κ3) is 3.93. The topological polar surface area (TPSA) is 47.0 Å². The van der Waals surface area contributed by atoms with Gasteiger partial charge in [0, 0.05) is 31.3 Å². The molecule has 0 aliphatic rings. The Morgan fingerprint density at radius 2 is 2.19 bits per heavy atom. The van der Waals surface area contributed by atoms with Gasteiger partial charge < -0.3 is 10.1 Å². The van der Waals surface area contributed by atoms with Crippen molar-refractivity contribution in [3.8, 4) is 0 Å². The van der Waals surface area contributed by atoms with E-state index in [1.165, 1.54) is 0 Å². The van der Waals surface area contributed by atoms with Crippen LogP contribution in [0.4, 0.5) is 18.3 Å². The van der Waals surface area contributed by atoms with E-state index < -0.39 is 12.0 Å². The van der Waals surface area contributed by atoms with Crippen LogP contribution in [-0.4, -0.2) is 29.1 Å². The predicted molar refractivity (Wildman–Crippen MR) is 54.5 cm³/mol. The summed E-state index contributed by atoms with van der Waals surface area (Å²) in [7, 11) is 1.57. The Kier molecular flexibility index (Phi) is 4.48. The Morgan fingerprint density at radius 1 is 1.50 bits per heavy atom. The van der Waals surface area contributed by atoms with Crippen LogP contribution in [0.1, 0.15) is 19.2 Å². The number of nitrogens with one attached hydrogen (secondary N) is 1. The molecule has 0 amide bonds. The van der Waals surface area contributed by atoms with Gasteiger partial charge in [0.05, 0.1) is 0 Å². The Bertz CT molecular complexity index is 329. The highest BCUT2D eigenvalue weighted by Gasteiger charge is 2.36. The van der Waals surface area contributed by atoms with Crippen molar-refractivity contribution in [2.24, 2.45) is 0 Å². The van der Waals surface area contributed by atoms with Crippen LogP contribution < -0.4 is 5.32 Å². The van der Waals surface area contributed by atoms with Crippen molar-refractivity contribution in [1.82, 2.24) is 9.36 Å². The lowest BCUT2D eigenvalue weighted by atomic mass is 10.2. The van der Waals surface area contributed by atoms with Gasteiger partial charge in [0.2, 0.25) is 11.0 Å². The summed E-state index contributed by atoms with van der Waals surface area (Å²) in [4.78, 5) is 3.36. The first kappa shape index (κ1) is 13.2. The van der Waals surface area contributed by atoms with Crippen LogP contribution >= 0.6 is 11.5 Å². The molecule has 4 nitrogen and oxygen atoms in total. The highest BCUT2D eigenvalue weighted by Crippen LogP contribution is 2.29. The number of halogens is 3. The van der Waals surface area contributed by atoms with Gasteiger partial charge in [-0.1, -0.05) is 0 Å². The van der Waals surface area contributed by atoms with E-state index in [2.05, 4.69) is 14.7 Å². The van der Waals surface area contributed by atoms with Crippen molar-refractivity contribution >= 4 is 16.7 Å². The largest absolute Gasteiger partial charge is 0.452 e. The number of aromatic nitrogens is 2. The molecule has 0 fully saturated rings. The zero-order valence-electron chi connectivity index (χ0n) is 8.84. The van der Waals surface area contributed by atoms with Gasteiger partial charge in [-0.05, 0) is 13.3 Å². The first-order chi connectivity index (χ1) is 7.43. The predicted octanol–water partition coefficient (Wildman–Crippen LogP) is 2.39. The van der Waals surface area contributed by atoms with Crippen LogP contribution in [0.15, 0.2) is 0 Å². The van der Waals surface area contributed by atoms with Gasteiger partial charge in [-0.3, -0.25) is 0 Å². The summed E-state index contributed by atoms with van der Waals surface area (Å²) in [6.07, 6.45) is -3.79. The average Bonchev–Trinajstić information content (AvgIpc) is 2.62. The van der Waals surface area contributed by atoms with E-state index in [1.54, 1.807) is 7.11 Å². The molecule has 1 rings (SSSR count). The molecule has 0 aromatic carbocycles. The van der Waals surface area contributed by atoms with E-state index in [0.29, 0.717) is 24.6 Å². The number of alkyl halides is 3. The SMILES string of the molecule is COCCC(C)Nc1nc(C(F)(F)F)ns1. The Balaban J connectivity index is 2.52. The van der Waals surface area contributed by atoms with Crippen LogP contribution in [0.2, 0.25) is 0 Å². The first-order valence-electron chi connectivity index (χ1n) is 4.60. The van der Waals surface area contributed by atoms with Gasteiger partial charge >= 0.3 is 6.18 Å². The number of hydrogen-bond donors (Lipinski definition) is 1. The molecule has 1 aromatic rings. The normalized spacial score (nSPS) is 13.8. The number of nitrogens with zero attached hydrogens (tertiary/aromatic N) is 2. The maximum atomic E-state index is 12.2. The lowest BCUT2D eigenvalue weighted by molar-refractivity contribution is -0.144. The molecule has 16 heavy (non-hydrogen) atoms. The second-order valence-electron chi connectivity index (χ2n) is 3.25. The summed E-state index contributed by atoms with van der Waals surface area (Å²) >= 11 is 0.705. The summed E-state index contributed by atoms with van der Waals surface area (Å²) in [5.74, 6) is -1.10. The van der Waals surface area contributed by atoms with E-state index in [4.69, 9.17) is 4.74 Å². The molecule has 0 saturated carbocycles. The van der Waals surface area contributed by atoms with Gasteiger partial charge in [0.15, 0.2) is 0 Å². The Hall–Kier alpha value is -0.890. The van der Waals surface area contributed by atoms with Gasteiger partial charge in [-0.2, -0.15) is 22.5 Å². The summed E-state index contributed by atoms with van der Waals surface area (Å²) in [5, 5.41) is 3.01. The third-order valence-electron chi connectivity index (χ3n) is 1.80. The van der Waals surface area contributed by atoms with Crippen LogP contribution in [0.3, 0.4) is 0 Å². The zero-order chi connectivity index (χ0) is 12.2. The molecule has 8 heteroatoms. The van der Waals surface area contributed by atoms with Gasteiger partial charge in [0.25, 0.3) is 0 Å². The average molecular weight is 255 g/mol. The van der Waals surface area contributed by atoms with Crippen molar-refractivity contribution in [2.75, 3.05) is 19.0 Å². The van der Waals surface area contributed by atoms with Crippen molar-refractivity contribution in [3.63, 3.8) is 0 Å². The van der Waals surface area contributed by atoms with Crippen molar-refractivity contribution in [3.05, 3.63) is 5.82 Å². The number of rotatable bonds is 5.